The average Bonchev–Trinajstić information content (AvgIpc) is 2.34. The molecule has 0 aliphatic heterocycles. The van der Waals surface area contributed by atoms with Crippen LogP contribution in [0.5, 0.6) is 0 Å². The van der Waals surface area contributed by atoms with Crippen LogP contribution < -0.4 is 5.32 Å². The Balaban J connectivity index is 2.77. The van der Waals surface area contributed by atoms with E-state index in [9.17, 15) is 27.8 Å². The summed E-state index contributed by atoms with van der Waals surface area (Å²) in [6.07, 6.45) is -4.15. The molecule has 118 valence electrons. The molecule has 3 N–H and O–H groups in total. The molecule has 0 fully saturated rings. The number of halogens is 3. The first kappa shape index (κ1) is 17.9. The van der Waals surface area contributed by atoms with Gasteiger partial charge in [-0.15, -0.1) is 0 Å². The van der Waals surface area contributed by atoms with Crippen LogP contribution in [0, 0.1) is 5.92 Å². The lowest BCUT2D eigenvalue weighted by Gasteiger charge is -2.19. The summed E-state index contributed by atoms with van der Waals surface area (Å²) in [4.78, 5) is 30.5. The van der Waals surface area contributed by atoms with E-state index in [2.05, 4.69) is 5.32 Å². The first-order valence-electron chi connectivity index (χ1n) is 6.26. The molecule has 1 atom stereocenters. The molecule has 0 saturated heterocycles. The monoisotopic (exact) mass is 323 g/mol. The van der Waals surface area contributed by atoms with Crippen LogP contribution in [0.2, 0.25) is 0 Å². The minimum atomic E-state index is -4.44. The second kappa shape index (κ2) is 7.20. The number of amides is 1. The fourth-order valence-electron chi connectivity index (χ4n) is 1.72. The van der Waals surface area contributed by atoms with Crippen molar-refractivity contribution in [2.75, 3.05) is 5.32 Å². The zero-order chi connectivity index (χ0) is 16.2. The molecule has 0 spiro atoms. The van der Waals surface area contributed by atoms with E-state index in [0.717, 1.165) is 24.3 Å². The number of anilines is 1. The van der Waals surface area contributed by atoms with E-state index < -0.39 is 31.7 Å². The second-order valence-electron chi connectivity index (χ2n) is 5.03. The second-order valence-corrected chi connectivity index (χ2v) is 6.29. The number of benzene rings is 1. The predicted molar refractivity (Wildman–Crippen MR) is 74.7 cm³/mol. The van der Waals surface area contributed by atoms with E-state index in [4.69, 9.17) is 0 Å². The van der Waals surface area contributed by atoms with Gasteiger partial charge in [0.05, 0.1) is 5.56 Å². The van der Waals surface area contributed by atoms with Gasteiger partial charge in [0.15, 0.2) is 8.38 Å². The summed E-state index contributed by atoms with van der Waals surface area (Å²) in [5.74, 6) is -0.530. The van der Waals surface area contributed by atoms with Crippen LogP contribution in [0.3, 0.4) is 0 Å². The molecule has 1 aromatic carbocycles. The van der Waals surface area contributed by atoms with Gasteiger partial charge in [-0.25, -0.2) is 0 Å². The van der Waals surface area contributed by atoms with E-state index >= 15 is 0 Å². The minimum absolute atomic E-state index is 0.0812. The molecule has 0 aromatic heterocycles. The molecule has 4 nitrogen and oxygen atoms in total. The van der Waals surface area contributed by atoms with Crippen LogP contribution in [0.1, 0.15) is 25.8 Å². The smallest absolute Gasteiger partial charge is 0.349 e. The Hall–Kier alpha value is -1.17. The van der Waals surface area contributed by atoms with Crippen molar-refractivity contribution in [2.45, 2.75) is 32.1 Å². The zero-order valence-electron chi connectivity index (χ0n) is 11.6. The van der Waals surface area contributed by atoms with Crippen molar-refractivity contribution in [1.82, 2.24) is 0 Å². The Morgan fingerprint density at radius 2 is 1.76 bits per heavy atom. The molecule has 8 heteroatoms. The van der Waals surface area contributed by atoms with Crippen molar-refractivity contribution in [3.8, 4) is 0 Å². The molecule has 0 radical (unpaired) electrons. The maximum absolute atomic E-state index is 12.4. The lowest BCUT2D eigenvalue weighted by atomic mass is 10.1. The standard InChI is InChI=1S/C13H17F3NO3P/c1-8(2)7-11(21(19)20)12(18)17-10-5-3-9(4-6-10)13(14,15)16/h3-6,8,11,19-20H,7H2,1-2H3,(H,17,18). The molecule has 21 heavy (non-hydrogen) atoms. The van der Waals surface area contributed by atoms with E-state index in [1.165, 1.54) is 0 Å². The highest BCUT2D eigenvalue weighted by Crippen LogP contribution is 2.36. The Kier molecular flexibility index (Phi) is 6.13. The largest absolute Gasteiger partial charge is 0.416 e. The van der Waals surface area contributed by atoms with Gasteiger partial charge in [-0.2, -0.15) is 13.2 Å². The number of rotatable bonds is 5. The molecule has 1 rings (SSSR count). The predicted octanol–water partition coefficient (Wildman–Crippen LogP) is 3.36. The van der Waals surface area contributed by atoms with Crippen molar-refractivity contribution < 1.29 is 27.8 Å². The quantitative estimate of drug-likeness (QED) is 0.728. The highest BCUT2D eigenvalue weighted by Gasteiger charge is 2.30. The number of hydrogen-bond acceptors (Lipinski definition) is 3. The number of nitrogens with one attached hydrogen (secondary N) is 1. The van der Waals surface area contributed by atoms with Crippen LogP contribution >= 0.6 is 8.38 Å². The lowest BCUT2D eigenvalue weighted by Crippen LogP contribution is -2.27. The van der Waals surface area contributed by atoms with Crippen molar-refractivity contribution in [2.24, 2.45) is 5.92 Å². The van der Waals surface area contributed by atoms with Crippen molar-refractivity contribution in [3.63, 3.8) is 0 Å². The van der Waals surface area contributed by atoms with Gasteiger partial charge in [0, 0.05) is 5.69 Å². The summed E-state index contributed by atoms with van der Waals surface area (Å²) in [5.41, 5.74) is -1.60. The highest BCUT2D eigenvalue weighted by atomic mass is 31.2. The van der Waals surface area contributed by atoms with Gasteiger partial charge in [-0.1, -0.05) is 13.8 Å². The Morgan fingerprint density at radius 1 is 1.24 bits per heavy atom. The van der Waals surface area contributed by atoms with Gasteiger partial charge in [-0.3, -0.25) is 4.79 Å². The van der Waals surface area contributed by atoms with Crippen LogP contribution in [0.15, 0.2) is 24.3 Å². The Labute approximate surface area is 121 Å². The molecule has 0 bridgehead atoms. The van der Waals surface area contributed by atoms with Crippen molar-refractivity contribution in [1.29, 1.82) is 0 Å². The Bertz CT molecular complexity index is 475. The molecular formula is C13H17F3NO3P. The number of carbonyl (C=O) groups excluding carboxylic acids is 1. The number of carbonyl (C=O) groups is 1. The Morgan fingerprint density at radius 3 is 2.14 bits per heavy atom. The zero-order valence-corrected chi connectivity index (χ0v) is 12.4. The van der Waals surface area contributed by atoms with Crippen LogP contribution in [-0.2, 0) is 11.0 Å². The average molecular weight is 323 g/mol. The number of hydrogen-bond donors (Lipinski definition) is 3. The fraction of sp³-hybridized carbons (Fsp3) is 0.462. The third-order valence-corrected chi connectivity index (χ3v) is 3.76. The van der Waals surface area contributed by atoms with Gasteiger partial charge >= 0.3 is 6.18 Å². The van der Waals surface area contributed by atoms with Crippen LogP contribution in [0.4, 0.5) is 18.9 Å². The highest BCUT2D eigenvalue weighted by molar-refractivity contribution is 7.47. The summed E-state index contributed by atoms with van der Waals surface area (Å²) in [7, 11) is -2.45. The van der Waals surface area contributed by atoms with Gasteiger partial charge in [0.2, 0.25) is 5.91 Å². The minimum Gasteiger partial charge on any atom is -0.349 e. The van der Waals surface area contributed by atoms with E-state index in [1.54, 1.807) is 0 Å². The van der Waals surface area contributed by atoms with Crippen molar-refractivity contribution >= 4 is 20.0 Å². The summed E-state index contributed by atoms with van der Waals surface area (Å²) >= 11 is 0. The van der Waals surface area contributed by atoms with E-state index in [-0.39, 0.29) is 18.0 Å². The van der Waals surface area contributed by atoms with E-state index in [0.29, 0.717) is 0 Å². The van der Waals surface area contributed by atoms with Gasteiger partial charge in [0.1, 0.15) is 5.66 Å². The lowest BCUT2D eigenvalue weighted by molar-refractivity contribution is -0.137. The maximum Gasteiger partial charge on any atom is 0.416 e. The van der Waals surface area contributed by atoms with E-state index in [1.807, 2.05) is 13.8 Å². The molecule has 0 heterocycles. The normalized spacial score (nSPS) is 13.6. The van der Waals surface area contributed by atoms with Crippen molar-refractivity contribution in [3.05, 3.63) is 29.8 Å². The van der Waals surface area contributed by atoms with Gasteiger partial charge in [0.25, 0.3) is 0 Å². The SMILES string of the molecule is CC(C)CC(C(=O)Nc1ccc(C(F)(F)F)cc1)P(O)O. The summed E-state index contributed by atoms with van der Waals surface area (Å²) in [6.45, 7) is 3.66. The molecule has 0 saturated carbocycles. The fourth-order valence-corrected chi connectivity index (χ4v) is 2.61. The number of alkyl halides is 3. The molecule has 1 amide bonds. The topological polar surface area (TPSA) is 69.6 Å². The molecule has 1 unspecified atom stereocenters. The first-order chi connectivity index (χ1) is 9.61. The van der Waals surface area contributed by atoms with Gasteiger partial charge in [-0.05, 0) is 36.6 Å². The van der Waals surface area contributed by atoms with Crippen LogP contribution in [0.25, 0.3) is 0 Å². The molecule has 0 aliphatic rings. The summed E-state index contributed by atoms with van der Waals surface area (Å²) in [6, 6.07) is 3.97. The third kappa shape index (κ3) is 5.61. The maximum atomic E-state index is 12.4. The summed E-state index contributed by atoms with van der Waals surface area (Å²) in [5, 5.41) is 2.40. The van der Waals surface area contributed by atoms with Crippen LogP contribution in [-0.4, -0.2) is 21.4 Å². The third-order valence-electron chi connectivity index (χ3n) is 2.76. The molecular weight excluding hydrogens is 306 g/mol. The molecule has 1 aromatic rings. The van der Waals surface area contributed by atoms with Gasteiger partial charge < -0.3 is 15.1 Å². The summed E-state index contributed by atoms with van der Waals surface area (Å²) < 4.78 is 37.2. The first-order valence-corrected chi connectivity index (χ1v) is 7.58. The molecule has 0 aliphatic carbocycles.